The zero-order valence-corrected chi connectivity index (χ0v) is 25.4. The second kappa shape index (κ2) is 12.3. The smallest absolute Gasteiger partial charge is 0.256 e. The first-order chi connectivity index (χ1) is 20.8. The molecule has 1 aromatic carbocycles. The molecular formula is C32H43F2N7O2. The van der Waals surface area contributed by atoms with Crippen molar-refractivity contribution in [3.8, 4) is 0 Å². The van der Waals surface area contributed by atoms with Gasteiger partial charge in [0, 0.05) is 56.8 Å². The summed E-state index contributed by atoms with van der Waals surface area (Å²) in [5, 5.41) is 3.43. The predicted octanol–water partition coefficient (Wildman–Crippen LogP) is 4.30. The third-order valence-corrected chi connectivity index (χ3v) is 9.89. The number of carbonyl (C=O) groups is 2. The van der Waals surface area contributed by atoms with Gasteiger partial charge in [0.1, 0.15) is 24.0 Å². The monoisotopic (exact) mass is 595 g/mol. The average Bonchev–Trinajstić information content (AvgIpc) is 3.27. The molecule has 7 rings (SSSR count). The molecule has 2 bridgehead atoms. The van der Waals surface area contributed by atoms with Crippen LogP contribution in [-0.2, 0) is 4.79 Å². The van der Waals surface area contributed by atoms with Gasteiger partial charge in [-0.1, -0.05) is 0 Å². The minimum absolute atomic E-state index is 0.0230. The third kappa shape index (κ3) is 5.68. The molecule has 5 aliphatic rings. The molecule has 5 atom stereocenters. The van der Waals surface area contributed by atoms with Crippen molar-refractivity contribution in [2.24, 2.45) is 5.92 Å². The summed E-state index contributed by atoms with van der Waals surface area (Å²) in [6, 6.07) is 4.23. The number of halogens is 2. The van der Waals surface area contributed by atoms with Crippen LogP contribution in [0.3, 0.4) is 0 Å². The second-order valence-electron chi connectivity index (χ2n) is 12.7. The van der Waals surface area contributed by atoms with Crippen LogP contribution >= 0.6 is 0 Å². The fraction of sp³-hybridized carbons (Fsp3) is 0.625. The quantitative estimate of drug-likeness (QED) is 0.533. The second-order valence-corrected chi connectivity index (χ2v) is 12.7. The van der Waals surface area contributed by atoms with Gasteiger partial charge in [-0.05, 0) is 77.5 Å². The minimum Gasteiger partial charge on any atom is -0.350 e. The number of alkyl halides is 1. The van der Waals surface area contributed by atoms with Crippen molar-refractivity contribution in [2.75, 3.05) is 42.5 Å². The number of hydrogen-bond donors (Lipinski definition) is 1. The molecule has 232 valence electrons. The van der Waals surface area contributed by atoms with Crippen LogP contribution < -0.4 is 15.1 Å². The molecule has 43 heavy (non-hydrogen) atoms. The SMILES string of the molecule is CCN(C(=O)c1cc(F)ccc1N1CCN([C@@H]2CCCN(C(=O)[C@H]3N[C@H]4CC[C@@H]3[C@@H](F)C4)CC2)c2ncncc21)C(C)C. The number of amides is 2. The highest BCUT2D eigenvalue weighted by molar-refractivity contribution is 6.01. The standard InChI is InChI=1S/C32H43F2N7O2/c1-4-39(20(2)3)31(42)25-16-21(33)7-10-27(25)41-15-14-40(30-28(41)18-35-19-36-30)23-6-5-12-38(13-11-23)32(43)29-24-9-8-22(37-29)17-26(24)34/h7,10,16,18-20,22-24,26,29,37H,4-6,8-9,11-15,17H2,1-3H3/t22-,23+,24+,26-,29-/m0/s1. The Morgan fingerprint density at radius 3 is 2.67 bits per heavy atom. The van der Waals surface area contributed by atoms with Gasteiger partial charge in [-0.15, -0.1) is 0 Å². The Morgan fingerprint density at radius 1 is 1.09 bits per heavy atom. The van der Waals surface area contributed by atoms with Crippen LogP contribution in [0.15, 0.2) is 30.7 Å². The van der Waals surface area contributed by atoms with E-state index >= 15 is 0 Å². The van der Waals surface area contributed by atoms with E-state index in [1.165, 1.54) is 18.5 Å². The zero-order chi connectivity index (χ0) is 30.2. The van der Waals surface area contributed by atoms with Crippen LogP contribution in [0.5, 0.6) is 0 Å². The zero-order valence-electron chi connectivity index (χ0n) is 25.4. The Bertz CT molecular complexity index is 1340. The molecule has 1 aromatic heterocycles. The summed E-state index contributed by atoms with van der Waals surface area (Å²) in [6.07, 6.45) is 7.20. The Balaban J connectivity index is 1.21. The average molecular weight is 596 g/mol. The number of benzene rings is 1. The lowest BCUT2D eigenvalue weighted by Gasteiger charge is -2.46. The molecular weight excluding hydrogens is 552 g/mol. The van der Waals surface area contributed by atoms with E-state index in [4.69, 9.17) is 0 Å². The van der Waals surface area contributed by atoms with Gasteiger partial charge in [0.15, 0.2) is 5.82 Å². The Labute approximate surface area is 252 Å². The molecule has 4 aliphatic heterocycles. The van der Waals surface area contributed by atoms with Crippen molar-refractivity contribution >= 4 is 29.0 Å². The predicted molar refractivity (Wildman–Crippen MR) is 162 cm³/mol. The molecule has 0 radical (unpaired) electrons. The van der Waals surface area contributed by atoms with Crippen LogP contribution in [0.4, 0.5) is 26.0 Å². The van der Waals surface area contributed by atoms with Crippen molar-refractivity contribution < 1.29 is 18.4 Å². The topological polar surface area (TPSA) is 84.9 Å². The lowest BCUT2D eigenvalue weighted by Crippen LogP contribution is -2.63. The Kier molecular flexibility index (Phi) is 8.53. The van der Waals surface area contributed by atoms with Crippen molar-refractivity contribution in [2.45, 2.75) is 89.6 Å². The summed E-state index contributed by atoms with van der Waals surface area (Å²) in [7, 11) is 0. The number of likely N-dealkylation sites (tertiary alicyclic amines) is 1. The van der Waals surface area contributed by atoms with E-state index in [0.29, 0.717) is 50.4 Å². The van der Waals surface area contributed by atoms with E-state index in [-0.39, 0.29) is 35.9 Å². The number of rotatable bonds is 6. The van der Waals surface area contributed by atoms with Gasteiger partial charge in [0.2, 0.25) is 5.91 Å². The fourth-order valence-corrected chi connectivity index (χ4v) is 7.69. The van der Waals surface area contributed by atoms with Crippen LogP contribution in [0.1, 0.15) is 69.7 Å². The van der Waals surface area contributed by atoms with E-state index in [1.54, 1.807) is 17.2 Å². The van der Waals surface area contributed by atoms with Crippen LogP contribution in [0.2, 0.25) is 0 Å². The summed E-state index contributed by atoms with van der Waals surface area (Å²) >= 11 is 0. The van der Waals surface area contributed by atoms with E-state index in [2.05, 4.69) is 20.2 Å². The van der Waals surface area contributed by atoms with Gasteiger partial charge in [0.25, 0.3) is 5.91 Å². The first kappa shape index (κ1) is 29.7. The van der Waals surface area contributed by atoms with Crippen molar-refractivity contribution in [3.63, 3.8) is 0 Å². The maximum absolute atomic E-state index is 14.6. The fourth-order valence-electron chi connectivity index (χ4n) is 7.69. The van der Waals surface area contributed by atoms with Crippen molar-refractivity contribution in [1.29, 1.82) is 0 Å². The number of nitrogens with one attached hydrogen (secondary N) is 1. The van der Waals surface area contributed by atoms with Crippen LogP contribution in [0.25, 0.3) is 0 Å². The summed E-state index contributed by atoms with van der Waals surface area (Å²) in [5.74, 6) is -0.0637. The largest absolute Gasteiger partial charge is 0.350 e. The molecule has 1 N–H and O–H groups in total. The number of aromatic nitrogens is 2. The number of hydrogen-bond acceptors (Lipinski definition) is 7. The third-order valence-electron chi connectivity index (χ3n) is 9.89. The number of anilines is 3. The van der Waals surface area contributed by atoms with E-state index in [0.717, 1.165) is 43.6 Å². The number of piperidine rings is 2. The van der Waals surface area contributed by atoms with Crippen molar-refractivity contribution in [3.05, 3.63) is 42.1 Å². The lowest BCUT2D eigenvalue weighted by molar-refractivity contribution is -0.139. The molecule has 1 aliphatic carbocycles. The maximum atomic E-state index is 14.6. The first-order valence-electron chi connectivity index (χ1n) is 15.9. The van der Waals surface area contributed by atoms with Gasteiger partial charge in [0.05, 0.1) is 23.5 Å². The molecule has 5 heterocycles. The normalized spacial score (nSPS) is 27.2. The molecule has 4 fully saturated rings. The van der Waals surface area contributed by atoms with Crippen molar-refractivity contribution in [1.82, 2.24) is 25.1 Å². The minimum atomic E-state index is -0.895. The molecule has 2 aromatic rings. The highest BCUT2D eigenvalue weighted by atomic mass is 19.1. The first-order valence-corrected chi connectivity index (χ1v) is 15.9. The summed E-state index contributed by atoms with van der Waals surface area (Å²) < 4.78 is 29.1. The van der Waals surface area contributed by atoms with Gasteiger partial charge < -0.3 is 24.9 Å². The summed E-state index contributed by atoms with van der Waals surface area (Å²) in [4.78, 5) is 44.1. The van der Waals surface area contributed by atoms with Crippen LogP contribution in [0, 0.1) is 11.7 Å². The number of carbonyl (C=O) groups excluding carboxylic acids is 2. The van der Waals surface area contributed by atoms with Gasteiger partial charge in [-0.25, -0.2) is 18.7 Å². The van der Waals surface area contributed by atoms with Gasteiger partial charge in [-0.3, -0.25) is 9.59 Å². The maximum Gasteiger partial charge on any atom is 0.256 e. The summed E-state index contributed by atoms with van der Waals surface area (Å²) in [5.41, 5.74) is 1.73. The van der Waals surface area contributed by atoms with Gasteiger partial charge in [-0.2, -0.15) is 0 Å². The van der Waals surface area contributed by atoms with E-state index < -0.39 is 18.0 Å². The highest BCUT2D eigenvalue weighted by Gasteiger charge is 2.46. The molecule has 3 saturated heterocycles. The Hall–Kier alpha value is -3.34. The molecule has 11 heteroatoms. The Morgan fingerprint density at radius 2 is 1.93 bits per heavy atom. The van der Waals surface area contributed by atoms with E-state index in [9.17, 15) is 18.4 Å². The number of nitrogens with zero attached hydrogens (tertiary/aromatic N) is 6. The van der Waals surface area contributed by atoms with E-state index in [1.807, 2.05) is 30.6 Å². The number of fused-ring (bicyclic) bond motifs is 4. The molecule has 1 saturated carbocycles. The molecule has 0 spiro atoms. The van der Waals surface area contributed by atoms with Gasteiger partial charge >= 0.3 is 0 Å². The molecule has 9 nitrogen and oxygen atoms in total. The molecule has 0 unspecified atom stereocenters. The highest BCUT2D eigenvalue weighted by Crippen LogP contribution is 2.40. The van der Waals surface area contributed by atoms with Crippen LogP contribution in [-0.4, -0.2) is 94.6 Å². The molecule has 2 amide bonds. The lowest BCUT2D eigenvalue weighted by atomic mass is 9.74. The summed E-state index contributed by atoms with van der Waals surface area (Å²) in [6.45, 7) is 8.88.